The van der Waals surface area contributed by atoms with Gasteiger partial charge in [-0.1, -0.05) is 34.9 Å². The summed E-state index contributed by atoms with van der Waals surface area (Å²) in [4.78, 5) is 59.7. The first kappa shape index (κ1) is 48.1. The number of methoxy groups -OCH3 is 1. The van der Waals surface area contributed by atoms with E-state index in [0.717, 1.165) is 102 Å². The summed E-state index contributed by atoms with van der Waals surface area (Å²) in [5.74, 6) is 2.29. The maximum absolute atomic E-state index is 12.4. The highest BCUT2D eigenvalue weighted by molar-refractivity contribution is 8.76. The lowest BCUT2D eigenvalue weighted by Crippen LogP contribution is -2.47. The molecule has 52 heavy (non-hydrogen) atoms. The number of piperazine rings is 1. The zero-order valence-electron chi connectivity index (χ0n) is 32.2. The van der Waals surface area contributed by atoms with E-state index in [4.69, 9.17) is 26.7 Å². The normalized spacial score (nSPS) is 14.3. The second-order valence-corrected chi connectivity index (χ2v) is 16.0. The van der Waals surface area contributed by atoms with Crippen LogP contribution < -0.4 is 22.5 Å². The molecule has 1 saturated heterocycles. The highest BCUT2D eigenvalue weighted by Crippen LogP contribution is 2.24. The Morgan fingerprint density at radius 1 is 0.788 bits per heavy atom. The summed E-state index contributed by atoms with van der Waals surface area (Å²) >= 11 is 0. The molecule has 0 aromatic rings. The molecule has 16 heteroatoms. The molecule has 7 N–H and O–H groups in total. The number of carbonyl (C=O) groups is 4. The molecule has 0 bridgehead atoms. The van der Waals surface area contributed by atoms with Crippen LogP contribution in [0.25, 0.3) is 0 Å². The van der Waals surface area contributed by atoms with Gasteiger partial charge in [0.15, 0.2) is 5.96 Å². The van der Waals surface area contributed by atoms with E-state index in [1.807, 2.05) is 0 Å². The lowest BCUT2D eigenvalue weighted by Gasteiger charge is -2.34. The minimum absolute atomic E-state index is 0.0451. The predicted molar refractivity (Wildman–Crippen MR) is 214 cm³/mol. The second kappa shape index (κ2) is 32.5. The predicted octanol–water partition coefficient (Wildman–Crippen LogP) is 2.42. The molecule has 1 aliphatic heterocycles. The molecule has 1 aliphatic rings. The number of hydrogen-bond acceptors (Lipinski definition) is 13. The van der Waals surface area contributed by atoms with Crippen LogP contribution >= 0.6 is 21.6 Å². The average molecular weight is 775 g/mol. The zero-order chi connectivity index (χ0) is 38.2. The Bertz CT molecular complexity index is 1000. The summed E-state index contributed by atoms with van der Waals surface area (Å²) in [6, 6.07) is -0.564. The molecule has 1 amide bonds. The number of esters is 1. The van der Waals surface area contributed by atoms with E-state index >= 15 is 0 Å². The third-order valence-electron chi connectivity index (χ3n) is 8.81. The van der Waals surface area contributed by atoms with Gasteiger partial charge in [-0.2, -0.15) is 0 Å². The fourth-order valence-electron chi connectivity index (χ4n) is 5.71. The van der Waals surface area contributed by atoms with Gasteiger partial charge in [-0.05, 0) is 58.0 Å². The minimum Gasteiger partial charge on any atom is -0.463 e. The summed E-state index contributed by atoms with van der Waals surface area (Å²) in [5.41, 5.74) is 16.6. The average Bonchev–Trinajstić information content (AvgIpc) is 3.12. The molecule has 14 nitrogen and oxygen atoms in total. The van der Waals surface area contributed by atoms with Gasteiger partial charge in [0.05, 0.1) is 19.1 Å². The van der Waals surface area contributed by atoms with Crippen molar-refractivity contribution in [3.63, 3.8) is 0 Å². The Hall–Kier alpha value is -1.95. The van der Waals surface area contributed by atoms with Gasteiger partial charge >= 0.3 is 5.97 Å². The number of ketones is 2. The number of rotatable bonds is 34. The largest absolute Gasteiger partial charge is 0.463 e. The monoisotopic (exact) mass is 774 g/mol. The molecule has 0 radical (unpaired) electrons. The van der Waals surface area contributed by atoms with E-state index in [9.17, 15) is 19.2 Å². The van der Waals surface area contributed by atoms with Crippen molar-refractivity contribution in [1.82, 2.24) is 20.0 Å². The molecule has 1 atom stereocenters. The Balaban J connectivity index is 1.97. The van der Waals surface area contributed by atoms with Gasteiger partial charge in [-0.15, -0.1) is 0 Å². The van der Waals surface area contributed by atoms with Crippen LogP contribution in [0.4, 0.5) is 0 Å². The molecule has 0 saturated carbocycles. The van der Waals surface area contributed by atoms with Gasteiger partial charge in [-0.3, -0.25) is 24.2 Å². The number of hydrogen-bond donors (Lipinski definition) is 4. The van der Waals surface area contributed by atoms with Crippen LogP contribution in [0.15, 0.2) is 4.99 Å². The standard InChI is InChI=1S/C36H70N8O6S2/c1-3-18-42(22-17-40-35(48)33(37)13-7-16-41-36(38)39)19-6-4-5-10-31(45)11-8-29-51-52-30-9-12-32(46)14-20-43-23-25-44(26-24-43)21-15-34(47)50-28-27-49-2/h33H,3-30,37H2,1-2H3,(H,40,48)(H4,38,39,41). The first-order valence-electron chi connectivity index (χ1n) is 19.3. The third kappa shape index (κ3) is 27.6. The molecule has 1 rings (SSSR count). The number of aliphatic imine (C=N–C) groups is 1. The second-order valence-electron chi connectivity index (χ2n) is 13.3. The Kier molecular flexibility index (Phi) is 30.0. The molecular weight excluding hydrogens is 705 g/mol. The molecule has 0 spiro atoms. The van der Waals surface area contributed by atoms with E-state index in [-0.39, 0.29) is 17.8 Å². The van der Waals surface area contributed by atoms with Crippen LogP contribution in [0.2, 0.25) is 0 Å². The lowest BCUT2D eigenvalue weighted by atomic mass is 10.1. The summed E-state index contributed by atoms with van der Waals surface area (Å²) < 4.78 is 10.0. The van der Waals surface area contributed by atoms with Crippen molar-refractivity contribution in [1.29, 1.82) is 0 Å². The number of carbonyl (C=O) groups excluding carboxylic acids is 4. The lowest BCUT2D eigenvalue weighted by molar-refractivity contribution is -0.145. The van der Waals surface area contributed by atoms with Crippen molar-refractivity contribution in [2.75, 3.05) is 104 Å². The van der Waals surface area contributed by atoms with Crippen LogP contribution in [-0.4, -0.2) is 154 Å². The molecular formula is C36H70N8O6S2. The van der Waals surface area contributed by atoms with Crippen LogP contribution in [0.1, 0.15) is 90.4 Å². The third-order valence-corrected chi connectivity index (χ3v) is 11.4. The van der Waals surface area contributed by atoms with E-state index in [2.05, 4.69) is 31.9 Å². The molecule has 302 valence electrons. The number of unbranched alkanes of at least 4 members (excludes halogenated alkanes) is 2. The van der Waals surface area contributed by atoms with Crippen molar-refractivity contribution in [3.05, 3.63) is 0 Å². The minimum atomic E-state index is -0.564. The number of Topliss-reactive ketones (excluding diaryl/α,β-unsaturated/α-hetero) is 2. The van der Waals surface area contributed by atoms with Crippen LogP contribution in [0.3, 0.4) is 0 Å². The van der Waals surface area contributed by atoms with Gasteiger partial charge < -0.3 is 46.7 Å². The molecule has 0 aromatic carbocycles. The van der Waals surface area contributed by atoms with Crippen molar-refractivity contribution >= 4 is 51.0 Å². The zero-order valence-corrected chi connectivity index (χ0v) is 33.8. The fourth-order valence-corrected chi connectivity index (χ4v) is 7.88. The summed E-state index contributed by atoms with van der Waals surface area (Å²) in [6.07, 6.45) is 9.91. The maximum Gasteiger partial charge on any atom is 0.307 e. The van der Waals surface area contributed by atoms with Crippen molar-refractivity contribution in [3.8, 4) is 0 Å². The topological polar surface area (TPSA) is 199 Å². The van der Waals surface area contributed by atoms with Crippen molar-refractivity contribution in [2.24, 2.45) is 22.2 Å². The summed E-state index contributed by atoms with van der Waals surface area (Å²) in [6.45, 7) is 11.8. The Labute approximate surface area is 321 Å². The van der Waals surface area contributed by atoms with Crippen LogP contribution in [-0.2, 0) is 28.7 Å². The quantitative estimate of drug-likeness (QED) is 0.0244. The van der Waals surface area contributed by atoms with Gasteiger partial charge in [0.2, 0.25) is 5.91 Å². The highest BCUT2D eigenvalue weighted by atomic mass is 33.1. The van der Waals surface area contributed by atoms with Gasteiger partial charge in [0.25, 0.3) is 0 Å². The van der Waals surface area contributed by atoms with Crippen LogP contribution in [0, 0.1) is 0 Å². The SMILES string of the molecule is CCCN(CCCCCC(=O)CCCSSCCCC(=O)CCN1CCN(CCC(=O)OCCOC)CC1)CCNC(=O)C(N)CCCN=C(N)N. The number of nitrogens with two attached hydrogens (primary N) is 3. The first-order chi connectivity index (χ1) is 25.1. The maximum atomic E-state index is 12.4. The molecule has 1 unspecified atom stereocenters. The first-order valence-corrected chi connectivity index (χ1v) is 21.8. The van der Waals surface area contributed by atoms with E-state index in [0.29, 0.717) is 89.4 Å². The highest BCUT2D eigenvalue weighted by Gasteiger charge is 2.18. The number of amides is 1. The number of ether oxygens (including phenoxy) is 2. The number of nitrogens with one attached hydrogen (secondary N) is 1. The fraction of sp³-hybridized carbons (Fsp3) is 0.861. The van der Waals surface area contributed by atoms with Crippen LogP contribution in [0.5, 0.6) is 0 Å². The smallest absolute Gasteiger partial charge is 0.307 e. The molecule has 0 aliphatic carbocycles. The number of guanidine groups is 1. The van der Waals surface area contributed by atoms with Gasteiger partial charge in [-0.25, -0.2) is 0 Å². The van der Waals surface area contributed by atoms with Gasteiger partial charge in [0, 0.05) is 103 Å². The molecule has 0 aromatic heterocycles. The molecule has 1 fully saturated rings. The van der Waals surface area contributed by atoms with E-state index in [1.165, 1.54) is 0 Å². The van der Waals surface area contributed by atoms with E-state index < -0.39 is 6.04 Å². The van der Waals surface area contributed by atoms with Crippen molar-refractivity contribution in [2.45, 2.75) is 96.4 Å². The van der Waals surface area contributed by atoms with E-state index in [1.54, 1.807) is 28.7 Å². The van der Waals surface area contributed by atoms with Crippen molar-refractivity contribution < 1.29 is 28.7 Å². The number of nitrogens with zero attached hydrogens (tertiary/aromatic N) is 4. The van der Waals surface area contributed by atoms with Gasteiger partial charge in [0.1, 0.15) is 18.2 Å². The Morgan fingerprint density at radius 3 is 2.02 bits per heavy atom. The summed E-state index contributed by atoms with van der Waals surface area (Å²) in [7, 11) is 5.19. The molecule has 1 heterocycles. The summed E-state index contributed by atoms with van der Waals surface area (Å²) in [5, 5.41) is 2.94. The Morgan fingerprint density at radius 2 is 1.40 bits per heavy atom.